The molecule has 0 amide bonds. The maximum atomic E-state index is 10.3. The lowest BCUT2D eigenvalue weighted by atomic mass is 10.1. The molecule has 1 N–H and O–H groups in total. The van der Waals surface area contributed by atoms with Crippen molar-refractivity contribution in [2.75, 3.05) is 0 Å². The molecule has 23 heavy (non-hydrogen) atoms. The van der Waals surface area contributed by atoms with Gasteiger partial charge >= 0.3 is 0 Å². The van der Waals surface area contributed by atoms with Gasteiger partial charge in [-0.3, -0.25) is 0 Å². The van der Waals surface area contributed by atoms with E-state index in [2.05, 4.69) is 73.7 Å². The molecule has 3 atom stereocenters. The second-order valence-electron chi connectivity index (χ2n) is 9.55. The Morgan fingerprint density at radius 2 is 1.22 bits per heavy atom. The molecule has 0 aromatic carbocycles. The summed E-state index contributed by atoms with van der Waals surface area (Å²) >= 11 is 0. The minimum absolute atomic E-state index is 0.0518. The molecular weight excluding hydrogens is 320 g/mol. The minimum atomic E-state index is -2.05. The maximum absolute atomic E-state index is 10.3. The van der Waals surface area contributed by atoms with E-state index in [9.17, 15) is 5.11 Å². The van der Waals surface area contributed by atoms with Crippen molar-refractivity contribution in [3.05, 3.63) is 0 Å². The van der Waals surface area contributed by atoms with Gasteiger partial charge in [0, 0.05) is 0 Å². The molecule has 0 aromatic rings. The fraction of sp³-hybridized carbons (Fsp3) is 0.889. The number of terminal acetylenes is 1. The van der Waals surface area contributed by atoms with Crippen LogP contribution >= 0.6 is 0 Å². The highest BCUT2D eigenvalue weighted by molar-refractivity contribution is 6.74. The Morgan fingerprint density at radius 3 is 1.48 bits per heavy atom. The molecule has 0 aliphatic carbocycles. The topological polar surface area (TPSA) is 38.7 Å². The predicted molar refractivity (Wildman–Crippen MR) is 105 cm³/mol. The first-order valence-corrected chi connectivity index (χ1v) is 14.3. The van der Waals surface area contributed by atoms with Crippen LogP contribution in [0.25, 0.3) is 0 Å². The highest BCUT2D eigenvalue weighted by Gasteiger charge is 2.45. The second-order valence-corrected chi connectivity index (χ2v) is 19.1. The van der Waals surface area contributed by atoms with Gasteiger partial charge < -0.3 is 14.0 Å². The largest absolute Gasteiger partial charge is 0.408 e. The third kappa shape index (κ3) is 6.02. The first-order chi connectivity index (χ1) is 9.96. The summed E-state index contributed by atoms with van der Waals surface area (Å²) in [5, 5.41) is 10.4. The van der Waals surface area contributed by atoms with Gasteiger partial charge in [-0.25, -0.2) is 0 Å². The molecular formula is C18H38O3Si2. The Labute approximate surface area is 146 Å². The van der Waals surface area contributed by atoms with Gasteiger partial charge in [-0.15, -0.1) is 6.42 Å². The first kappa shape index (κ1) is 22.9. The molecule has 0 rings (SSSR count). The fourth-order valence-electron chi connectivity index (χ4n) is 1.62. The lowest BCUT2D eigenvalue weighted by Gasteiger charge is -2.44. The van der Waals surface area contributed by atoms with Crippen molar-refractivity contribution in [1.82, 2.24) is 0 Å². The lowest BCUT2D eigenvalue weighted by molar-refractivity contribution is -0.0166. The Kier molecular flexibility index (Phi) is 7.37. The van der Waals surface area contributed by atoms with E-state index in [1.807, 2.05) is 0 Å². The highest BCUT2D eigenvalue weighted by Crippen LogP contribution is 2.40. The van der Waals surface area contributed by atoms with Gasteiger partial charge in [0.25, 0.3) is 0 Å². The van der Waals surface area contributed by atoms with Crippen LogP contribution in [0, 0.1) is 12.3 Å². The average molecular weight is 359 g/mol. The highest BCUT2D eigenvalue weighted by atomic mass is 28.4. The van der Waals surface area contributed by atoms with Crippen LogP contribution in [0.4, 0.5) is 0 Å². The van der Waals surface area contributed by atoms with Gasteiger partial charge in [0.1, 0.15) is 12.2 Å². The van der Waals surface area contributed by atoms with Crippen molar-refractivity contribution in [2.24, 2.45) is 0 Å². The van der Waals surface area contributed by atoms with E-state index in [1.54, 1.807) is 6.92 Å². The van der Waals surface area contributed by atoms with Gasteiger partial charge in [-0.1, -0.05) is 47.5 Å². The summed E-state index contributed by atoms with van der Waals surface area (Å²) < 4.78 is 12.8. The zero-order valence-corrected chi connectivity index (χ0v) is 19.1. The van der Waals surface area contributed by atoms with Gasteiger partial charge in [0.2, 0.25) is 0 Å². The minimum Gasteiger partial charge on any atom is -0.408 e. The van der Waals surface area contributed by atoms with E-state index in [1.165, 1.54) is 0 Å². The molecule has 0 fully saturated rings. The molecule has 0 spiro atoms. The summed E-state index contributed by atoms with van der Waals surface area (Å²) in [4.78, 5) is 0. The third-order valence-electron chi connectivity index (χ3n) is 5.40. The van der Waals surface area contributed by atoms with Crippen molar-refractivity contribution in [1.29, 1.82) is 0 Å². The maximum Gasteiger partial charge on any atom is 0.193 e. The second kappa shape index (κ2) is 7.41. The van der Waals surface area contributed by atoms with E-state index in [0.717, 1.165) is 0 Å². The Bertz CT molecular complexity index is 423. The van der Waals surface area contributed by atoms with Crippen molar-refractivity contribution in [3.8, 4) is 12.3 Å². The van der Waals surface area contributed by atoms with Gasteiger partial charge in [0.05, 0.1) is 6.10 Å². The Morgan fingerprint density at radius 1 is 0.870 bits per heavy atom. The monoisotopic (exact) mass is 358 g/mol. The van der Waals surface area contributed by atoms with Crippen LogP contribution in [0.5, 0.6) is 0 Å². The zero-order valence-electron chi connectivity index (χ0n) is 17.1. The number of aliphatic hydroxyl groups excluding tert-OH is 1. The van der Waals surface area contributed by atoms with Crippen molar-refractivity contribution in [2.45, 2.75) is 103 Å². The van der Waals surface area contributed by atoms with Crippen LogP contribution in [-0.2, 0) is 8.85 Å². The van der Waals surface area contributed by atoms with E-state index in [-0.39, 0.29) is 10.1 Å². The summed E-state index contributed by atoms with van der Waals surface area (Å²) in [6.07, 6.45) is 4.08. The van der Waals surface area contributed by atoms with Crippen LogP contribution in [0.15, 0.2) is 0 Å². The average Bonchev–Trinajstić information content (AvgIpc) is 2.30. The quantitative estimate of drug-likeness (QED) is 0.548. The normalized spacial score (nSPS) is 18.2. The molecule has 0 aliphatic heterocycles. The molecule has 0 aromatic heterocycles. The number of hydrogen-bond acceptors (Lipinski definition) is 3. The molecule has 0 unspecified atom stereocenters. The summed E-state index contributed by atoms with van der Waals surface area (Å²) in [5.41, 5.74) is 0. The molecule has 0 saturated heterocycles. The van der Waals surface area contributed by atoms with Gasteiger partial charge in [-0.05, 0) is 43.2 Å². The van der Waals surface area contributed by atoms with Crippen LogP contribution in [0.2, 0.25) is 36.3 Å². The smallest absolute Gasteiger partial charge is 0.193 e. The lowest BCUT2D eigenvalue weighted by Crippen LogP contribution is -2.54. The molecule has 0 radical (unpaired) electrons. The molecule has 0 heterocycles. The third-order valence-corrected chi connectivity index (χ3v) is 14.3. The number of rotatable bonds is 6. The van der Waals surface area contributed by atoms with Crippen LogP contribution in [-0.4, -0.2) is 40.1 Å². The molecule has 0 saturated carbocycles. The fourth-order valence-corrected chi connectivity index (χ4v) is 4.17. The molecule has 0 aliphatic rings. The van der Waals surface area contributed by atoms with Crippen LogP contribution < -0.4 is 0 Å². The molecule has 0 bridgehead atoms. The van der Waals surface area contributed by atoms with E-state index >= 15 is 0 Å². The summed E-state index contributed by atoms with van der Waals surface area (Å²) in [6, 6.07) is 0. The zero-order chi connectivity index (χ0) is 18.9. The predicted octanol–water partition coefficient (Wildman–Crippen LogP) is 4.78. The number of aliphatic hydroxyl groups is 1. The summed E-state index contributed by atoms with van der Waals surface area (Å²) in [6.45, 7) is 23.5. The van der Waals surface area contributed by atoms with Crippen molar-refractivity contribution in [3.63, 3.8) is 0 Å². The van der Waals surface area contributed by atoms with E-state index < -0.39 is 34.9 Å². The van der Waals surface area contributed by atoms with E-state index in [4.69, 9.17) is 15.3 Å². The Balaban J connectivity index is 5.48. The van der Waals surface area contributed by atoms with Gasteiger partial charge in [-0.2, -0.15) is 0 Å². The van der Waals surface area contributed by atoms with Crippen LogP contribution in [0.3, 0.4) is 0 Å². The molecule has 5 heteroatoms. The molecule has 3 nitrogen and oxygen atoms in total. The SMILES string of the molecule is C#C[C@H](O[Si](C)(C)C(C)(C)C)[C@H](O[Si](C)(C)C(C)(C)C)[C@H](C)O. The summed E-state index contributed by atoms with van der Waals surface area (Å²) in [5.74, 6) is 2.74. The van der Waals surface area contributed by atoms with E-state index in [0.29, 0.717) is 0 Å². The molecule has 136 valence electrons. The van der Waals surface area contributed by atoms with Crippen LogP contribution in [0.1, 0.15) is 48.5 Å². The van der Waals surface area contributed by atoms with Crippen molar-refractivity contribution >= 4 is 16.6 Å². The standard InChI is InChI=1S/C18H38O3Si2/c1-13-15(20-22(9,10)17(3,4)5)16(14(2)19)21-23(11,12)18(6,7)8/h1,14-16,19H,2-12H3/t14-,15-,16+/m0/s1. The van der Waals surface area contributed by atoms with Gasteiger partial charge in [0.15, 0.2) is 16.6 Å². The summed E-state index contributed by atoms with van der Waals surface area (Å²) in [7, 11) is -4.09. The van der Waals surface area contributed by atoms with Crippen molar-refractivity contribution < 1.29 is 14.0 Å². The Hall–Kier alpha value is -0.126. The first-order valence-electron chi connectivity index (χ1n) is 8.46. The number of hydrogen-bond donors (Lipinski definition) is 1.